The molecule has 0 N–H and O–H groups in total. The summed E-state index contributed by atoms with van der Waals surface area (Å²) in [5, 5.41) is 0. The quantitative estimate of drug-likeness (QED) is 0.458. The van der Waals surface area contributed by atoms with Crippen molar-refractivity contribution in [2.45, 2.75) is 0 Å². The molecule has 0 aromatic heterocycles. The summed E-state index contributed by atoms with van der Waals surface area (Å²) in [6.45, 7) is 0. The fourth-order valence-corrected chi connectivity index (χ4v) is 1.79. The van der Waals surface area contributed by atoms with Crippen molar-refractivity contribution in [3.63, 3.8) is 0 Å². The molecule has 1 aliphatic carbocycles. The number of carbonyl (C=O) groups is 1. The number of ketones is 1. The SMILES string of the molecule is COc1ccc(OB(F)F)c(C(=O)/C=C/[C]2[CH][CH][CH][CH]2)c1. The average molecular weight is 289 g/mol. The standard InChI is InChI=1S/C15H12BF2O3/c1-20-12-7-9-15(21-16(17)18)13(10-12)14(19)8-6-11-4-2-3-5-11/h2-10H,1H3/b8-6+. The van der Waals surface area contributed by atoms with Gasteiger partial charge in [-0.3, -0.25) is 4.79 Å². The monoisotopic (exact) mass is 289 g/mol. The highest BCUT2D eigenvalue weighted by molar-refractivity contribution is 6.35. The van der Waals surface area contributed by atoms with Gasteiger partial charge in [0.2, 0.25) is 0 Å². The van der Waals surface area contributed by atoms with Crippen molar-refractivity contribution in [2.75, 3.05) is 7.11 Å². The molecule has 0 unspecified atom stereocenters. The third-order valence-electron chi connectivity index (χ3n) is 2.78. The van der Waals surface area contributed by atoms with Gasteiger partial charge in [-0.05, 0) is 50.0 Å². The zero-order valence-corrected chi connectivity index (χ0v) is 11.3. The Labute approximate surface area is 123 Å². The first-order valence-corrected chi connectivity index (χ1v) is 6.17. The Morgan fingerprint density at radius 3 is 2.57 bits per heavy atom. The summed E-state index contributed by atoms with van der Waals surface area (Å²) in [6, 6.07) is 4.11. The van der Waals surface area contributed by atoms with Crippen LogP contribution in [0.25, 0.3) is 0 Å². The number of carbonyl (C=O) groups excluding carboxylic acids is 1. The predicted octanol–water partition coefficient (Wildman–Crippen LogP) is 3.14. The predicted molar refractivity (Wildman–Crippen MR) is 75.5 cm³/mol. The third-order valence-corrected chi connectivity index (χ3v) is 2.78. The van der Waals surface area contributed by atoms with Gasteiger partial charge in [0.05, 0.1) is 12.7 Å². The molecule has 1 aromatic carbocycles. The molecule has 3 nitrogen and oxygen atoms in total. The molecule has 21 heavy (non-hydrogen) atoms. The van der Waals surface area contributed by atoms with E-state index in [9.17, 15) is 13.4 Å². The lowest BCUT2D eigenvalue weighted by Gasteiger charge is -2.09. The second-order valence-corrected chi connectivity index (χ2v) is 4.16. The van der Waals surface area contributed by atoms with Gasteiger partial charge in [0.15, 0.2) is 5.78 Å². The van der Waals surface area contributed by atoms with Gasteiger partial charge in [-0.1, -0.05) is 6.08 Å². The molecule has 0 bridgehead atoms. The van der Waals surface area contributed by atoms with Crippen molar-refractivity contribution in [3.05, 3.63) is 67.5 Å². The van der Waals surface area contributed by atoms with Crippen LogP contribution < -0.4 is 9.39 Å². The Kier molecular flexibility index (Phi) is 5.36. The molecular weight excluding hydrogens is 277 g/mol. The molecule has 1 aromatic rings. The number of benzene rings is 1. The Morgan fingerprint density at radius 1 is 1.24 bits per heavy atom. The zero-order chi connectivity index (χ0) is 15.2. The first-order chi connectivity index (χ1) is 10.1. The summed E-state index contributed by atoms with van der Waals surface area (Å²) >= 11 is 0. The molecule has 1 aliphatic rings. The lowest BCUT2D eigenvalue weighted by Crippen LogP contribution is -2.11. The van der Waals surface area contributed by atoms with E-state index in [4.69, 9.17) is 4.74 Å². The third kappa shape index (κ3) is 4.31. The van der Waals surface area contributed by atoms with Crippen molar-refractivity contribution in [3.8, 4) is 11.5 Å². The van der Waals surface area contributed by atoms with Crippen molar-refractivity contribution < 1.29 is 22.8 Å². The first-order valence-electron chi connectivity index (χ1n) is 6.17. The van der Waals surface area contributed by atoms with Gasteiger partial charge >= 0.3 is 7.47 Å². The van der Waals surface area contributed by atoms with Crippen LogP contribution in [0, 0.1) is 31.6 Å². The Morgan fingerprint density at radius 2 is 1.95 bits per heavy atom. The molecule has 0 saturated heterocycles. The lowest BCUT2D eigenvalue weighted by atomic mass is 10.0. The highest BCUT2D eigenvalue weighted by Crippen LogP contribution is 2.27. The minimum atomic E-state index is -3.00. The van der Waals surface area contributed by atoms with E-state index in [0.717, 1.165) is 5.92 Å². The normalized spacial score (nSPS) is 15.4. The Hall–Kier alpha value is -1.85. The smallest absolute Gasteiger partial charge is 0.505 e. The second kappa shape index (κ2) is 7.25. The summed E-state index contributed by atoms with van der Waals surface area (Å²) in [5.41, 5.74) is 0.0254. The molecule has 0 aliphatic heterocycles. The van der Waals surface area contributed by atoms with Gasteiger partial charge < -0.3 is 9.39 Å². The molecule has 1 fully saturated rings. The first kappa shape index (κ1) is 15.5. The van der Waals surface area contributed by atoms with E-state index in [1.807, 2.05) is 25.7 Å². The number of ether oxygens (including phenoxy) is 1. The van der Waals surface area contributed by atoms with Gasteiger partial charge in [0.1, 0.15) is 11.5 Å². The van der Waals surface area contributed by atoms with Gasteiger partial charge in [-0.2, -0.15) is 0 Å². The minimum Gasteiger partial charge on any atom is -0.505 e. The summed E-state index contributed by atoms with van der Waals surface area (Å²) < 4.78 is 34.1. The van der Waals surface area contributed by atoms with Crippen LogP contribution >= 0.6 is 0 Å². The van der Waals surface area contributed by atoms with Crippen LogP contribution in [-0.2, 0) is 0 Å². The fraction of sp³-hybridized carbons (Fsp3) is 0.0667. The van der Waals surface area contributed by atoms with Crippen LogP contribution in [0.2, 0.25) is 0 Å². The topological polar surface area (TPSA) is 35.5 Å². The number of rotatable bonds is 6. The highest BCUT2D eigenvalue weighted by atomic mass is 19.2. The van der Waals surface area contributed by atoms with Crippen molar-refractivity contribution in [1.29, 1.82) is 0 Å². The van der Waals surface area contributed by atoms with Crippen LogP contribution in [0.5, 0.6) is 11.5 Å². The Bertz CT molecular complexity index is 526. The zero-order valence-electron chi connectivity index (χ0n) is 11.3. The highest BCUT2D eigenvalue weighted by Gasteiger charge is 2.22. The lowest BCUT2D eigenvalue weighted by molar-refractivity contribution is 0.104. The van der Waals surface area contributed by atoms with Gasteiger partial charge in [-0.15, -0.1) is 0 Å². The molecule has 0 amide bonds. The maximum Gasteiger partial charge on any atom is 0.796 e. The summed E-state index contributed by atoms with van der Waals surface area (Å²) in [4.78, 5) is 12.1. The summed E-state index contributed by atoms with van der Waals surface area (Å²) in [5.74, 6) is 0.623. The summed E-state index contributed by atoms with van der Waals surface area (Å²) in [6.07, 6.45) is 10.2. The second-order valence-electron chi connectivity index (χ2n) is 4.16. The number of halogens is 2. The van der Waals surface area contributed by atoms with Gasteiger partial charge in [0.25, 0.3) is 0 Å². The molecular formula is C15H12BF2O3. The summed E-state index contributed by atoms with van der Waals surface area (Å²) in [7, 11) is -1.57. The molecule has 0 heterocycles. The van der Waals surface area contributed by atoms with E-state index >= 15 is 0 Å². The molecule has 2 rings (SSSR count). The van der Waals surface area contributed by atoms with Crippen LogP contribution in [0.1, 0.15) is 10.4 Å². The number of methoxy groups -OCH3 is 1. The van der Waals surface area contributed by atoms with E-state index in [-0.39, 0.29) is 11.3 Å². The van der Waals surface area contributed by atoms with E-state index in [0.29, 0.717) is 5.75 Å². The van der Waals surface area contributed by atoms with Crippen molar-refractivity contribution in [2.24, 2.45) is 0 Å². The largest absolute Gasteiger partial charge is 0.796 e. The number of hydrogen-bond donors (Lipinski definition) is 0. The van der Waals surface area contributed by atoms with Crippen LogP contribution in [-0.4, -0.2) is 20.4 Å². The number of hydrogen-bond acceptors (Lipinski definition) is 3. The van der Waals surface area contributed by atoms with E-state index in [2.05, 4.69) is 4.65 Å². The minimum absolute atomic E-state index is 0.0254. The van der Waals surface area contributed by atoms with E-state index in [1.54, 1.807) is 6.08 Å². The molecule has 0 atom stereocenters. The molecule has 1 saturated carbocycles. The molecule has 5 radical (unpaired) electrons. The molecule has 107 valence electrons. The maximum atomic E-state index is 12.4. The molecule has 6 heteroatoms. The van der Waals surface area contributed by atoms with Crippen LogP contribution in [0.15, 0.2) is 30.4 Å². The van der Waals surface area contributed by atoms with Gasteiger partial charge in [0, 0.05) is 5.92 Å². The maximum absolute atomic E-state index is 12.4. The average Bonchev–Trinajstić information content (AvgIpc) is 2.98. The van der Waals surface area contributed by atoms with Crippen molar-refractivity contribution in [1.82, 2.24) is 0 Å². The van der Waals surface area contributed by atoms with Gasteiger partial charge in [-0.25, -0.2) is 8.63 Å². The molecule has 0 spiro atoms. The van der Waals surface area contributed by atoms with Crippen LogP contribution in [0.4, 0.5) is 8.63 Å². The van der Waals surface area contributed by atoms with Crippen LogP contribution in [0.3, 0.4) is 0 Å². The fourth-order valence-electron chi connectivity index (χ4n) is 1.79. The van der Waals surface area contributed by atoms with Crippen molar-refractivity contribution >= 4 is 13.3 Å². The number of allylic oxidation sites excluding steroid dienone is 2. The Balaban J connectivity index is 2.19. The van der Waals surface area contributed by atoms with E-state index < -0.39 is 13.3 Å². The van der Waals surface area contributed by atoms with E-state index in [1.165, 1.54) is 31.4 Å².